The van der Waals surface area contributed by atoms with E-state index in [0.29, 0.717) is 0 Å². The summed E-state index contributed by atoms with van der Waals surface area (Å²) in [6.07, 6.45) is 8.78. The number of nitrogens with zero attached hydrogens (tertiary/aromatic N) is 2. The molecule has 3 N–H and O–H groups in total. The number of nitrogens with one attached hydrogen (secondary N) is 2. The molecule has 0 unspecified atom stereocenters. The molecule has 3 amide bonds. The quantitative estimate of drug-likeness (QED) is 0.360. The van der Waals surface area contributed by atoms with Crippen LogP contribution in [0, 0.1) is 5.92 Å². The van der Waals surface area contributed by atoms with E-state index in [2.05, 4.69) is 64.9 Å². The molecule has 1 atom stereocenters. The van der Waals surface area contributed by atoms with E-state index in [1.807, 2.05) is 0 Å². The topological polar surface area (TPSA) is 119 Å². The van der Waals surface area contributed by atoms with Gasteiger partial charge in [0.15, 0.2) is 0 Å². The highest BCUT2D eigenvalue weighted by Crippen LogP contribution is 2.32. The highest BCUT2D eigenvalue weighted by Gasteiger charge is 2.34. The lowest BCUT2D eigenvalue weighted by atomic mass is 9.87. The Balaban J connectivity index is 1.36. The van der Waals surface area contributed by atoms with Crippen LogP contribution in [0.5, 0.6) is 0 Å². The number of amides is 3. The second-order valence-corrected chi connectivity index (χ2v) is 11.1. The van der Waals surface area contributed by atoms with Gasteiger partial charge in [0.05, 0.1) is 13.1 Å². The second-order valence-electron chi connectivity index (χ2n) is 11.1. The van der Waals surface area contributed by atoms with Gasteiger partial charge in [0.25, 0.3) is 0 Å². The van der Waals surface area contributed by atoms with Gasteiger partial charge in [0.2, 0.25) is 17.7 Å². The summed E-state index contributed by atoms with van der Waals surface area (Å²) in [5.74, 6) is -1.87. The zero-order valence-corrected chi connectivity index (χ0v) is 23.9. The van der Waals surface area contributed by atoms with Gasteiger partial charge in [-0.1, -0.05) is 67.8 Å². The molecule has 1 heterocycles. The van der Waals surface area contributed by atoms with Crippen molar-refractivity contribution in [2.75, 3.05) is 32.7 Å². The van der Waals surface area contributed by atoms with E-state index in [4.69, 9.17) is 5.11 Å². The summed E-state index contributed by atoms with van der Waals surface area (Å²) in [5.41, 5.74) is 1.30. The van der Waals surface area contributed by atoms with Gasteiger partial charge < -0.3 is 20.6 Å². The van der Waals surface area contributed by atoms with Crippen molar-refractivity contribution in [2.24, 2.45) is 5.92 Å². The molecule has 1 saturated carbocycles. The molecule has 1 aliphatic heterocycles. The van der Waals surface area contributed by atoms with Crippen molar-refractivity contribution in [3.05, 3.63) is 60.2 Å². The number of carboxylic acid groups (broad SMARTS) is 1. The maximum atomic E-state index is 13.7. The molecule has 9 heteroatoms. The minimum Gasteiger partial charge on any atom is -0.478 e. The van der Waals surface area contributed by atoms with Gasteiger partial charge in [-0.2, -0.15) is 0 Å². The molecular weight excluding hydrogens is 520 g/mol. The van der Waals surface area contributed by atoms with Crippen LogP contribution in [-0.4, -0.2) is 77.4 Å². The third-order valence-electron chi connectivity index (χ3n) is 8.44. The number of aliphatic carboxylic acids is 1. The van der Waals surface area contributed by atoms with Crippen molar-refractivity contribution in [1.82, 2.24) is 20.4 Å². The number of piperidine rings is 1. The van der Waals surface area contributed by atoms with Gasteiger partial charge in [-0.05, 0) is 48.9 Å². The average Bonchev–Trinajstić information content (AvgIpc) is 3.00. The molecule has 0 aromatic heterocycles. The van der Waals surface area contributed by atoms with E-state index in [1.54, 1.807) is 4.90 Å². The van der Waals surface area contributed by atoms with Gasteiger partial charge in [-0.15, -0.1) is 0 Å². The molecule has 0 bridgehead atoms. The van der Waals surface area contributed by atoms with E-state index in [0.717, 1.165) is 64.1 Å². The fourth-order valence-electron chi connectivity index (χ4n) is 6.15. The summed E-state index contributed by atoms with van der Waals surface area (Å²) in [5, 5.41) is 16.3. The first-order chi connectivity index (χ1) is 19.8. The van der Waals surface area contributed by atoms with Crippen LogP contribution in [-0.2, 0) is 19.2 Å². The van der Waals surface area contributed by atoms with E-state index in [1.165, 1.54) is 22.4 Å². The number of carboxylic acids is 1. The van der Waals surface area contributed by atoms with Crippen LogP contribution < -0.4 is 10.6 Å². The summed E-state index contributed by atoms with van der Waals surface area (Å²) in [7, 11) is 0. The Hall–Kier alpha value is -3.72. The lowest BCUT2D eigenvalue weighted by molar-refractivity contribution is -0.144. The predicted octanol–water partition coefficient (Wildman–Crippen LogP) is 3.65. The van der Waals surface area contributed by atoms with Crippen molar-refractivity contribution in [1.29, 1.82) is 0 Å². The summed E-state index contributed by atoms with van der Waals surface area (Å²) < 4.78 is 0. The maximum Gasteiger partial charge on any atom is 0.328 e. The highest BCUT2D eigenvalue weighted by atomic mass is 16.4. The number of carbonyl (C=O) groups is 4. The molecule has 4 rings (SSSR count). The zero-order valence-electron chi connectivity index (χ0n) is 23.9. The van der Waals surface area contributed by atoms with Crippen LogP contribution in [0.25, 0.3) is 10.8 Å². The number of carbonyl (C=O) groups excluding carboxylic acids is 3. The monoisotopic (exact) mass is 562 g/mol. The number of fused-ring (bicyclic) bond motifs is 1. The molecule has 9 nitrogen and oxygen atoms in total. The number of hydrogen-bond acceptors (Lipinski definition) is 5. The van der Waals surface area contributed by atoms with Crippen LogP contribution in [0.2, 0.25) is 0 Å². The number of benzene rings is 2. The summed E-state index contributed by atoms with van der Waals surface area (Å²) in [6.45, 7) is 3.66. The highest BCUT2D eigenvalue weighted by molar-refractivity contribution is 5.89. The van der Waals surface area contributed by atoms with E-state index in [9.17, 15) is 19.2 Å². The molecule has 41 heavy (non-hydrogen) atoms. The first kappa shape index (κ1) is 30.2. The minimum absolute atomic E-state index is 0.0267. The molecule has 2 aromatic rings. The summed E-state index contributed by atoms with van der Waals surface area (Å²) >= 11 is 0. The second kappa shape index (κ2) is 14.8. The van der Waals surface area contributed by atoms with Crippen molar-refractivity contribution < 1.29 is 24.3 Å². The van der Waals surface area contributed by atoms with Gasteiger partial charge in [-0.25, -0.2) is 4.79 Å². The zero-order chi connectivity index (χ0) is 29.2. The number of likely N-dealkylation sites (tertiary alicyclic amines) is 1. The first-order valence-electron chi connectivity index (χ1n) is 14.8. The Morgan fingerprint density at radius 3 is 2.39 bits per heavy atom. The largest absolute Gasteiger partial charge is 0.478 e. The Labute approximate surface area is 242 Å². The van der Waals surface area contributed by atoms with Gasteiger partial charge in [0, 0.05) is 43.7 Å². The summed E-state index contributed by atoms with van der Waals surface area (Å²) in [4.78, 5) is 53.4. The third kappa shape index (κ3) is 8.39. The molecule has 2 aromatic carbocycles. The SMILES string of the molecule is C[C@H](c1cccc2ccccc12)N1CCC(N(CC(=O)NCC(=O)NC/C=C/C(=O)O)C(=O)C2CCCCC2)CC1. The van der Waals surface area contributed by atoms with Crippen molar-refractivity contribution in [3.8, 4) is 0 Å². The maximum absolute atomic E-state index is 13.7. The summed E-state index contributed by atoms with van der Waals surface area (Å²) in [6, 6.07) is 15.1. The van der Waals surface area contributed by atoms with Crippen LogP contribution in [0.3, 0.4) is 0 Å². The van der Waals surface area contributed by atoms with Crippen LogP contribution in [0.4, 0.5) is 0 Å². The van der Waals surface area contributed by atoms with Crippen molar-refractivity contribution in [3.63, 3.8) is 0 Å². The Morgan fingerprint density at radius 2 is 1.66 bits per heavy atom. The molecule has 0 spiro atoms. The lowest BCUT2D eigenvalue weighted by Gasteiger charge is -2.42. The Kier molecular flexibility index (Phi) is 10.9. The molecule has 2 aliphatic rings. The Morgan fingerprint density at radius 1 is 0.951 bits per heavy atom. The molecule has 1 aliphatic carbocycles. The van der Waals surface area contributed by atoms with Crippen LogP contribution in [0.1, 0.15) is 63.5 Å². The number of rotatable bonds is 11. The van der Waals surface area contributed by atoms with Gasteiger partial charge >= 0.3 is 5.97 Å². The lowest BCUT2D eigenvalue weighted by Crippen LogP contribution is -2.53. The van der Waals surface area contributed by atoms with Gasteiger partial charge in [0.1, 0.15) is 0 Å². The fraction of sp³-hybridized carbons (Fsp3) is 0.500. The third-order valence-corrected chi connectivity index (χ3v) is 8.44. The van der Waals surface area contributed by atoms with Crippen LogP contribution in [0.15, 0.2) is 54.6 Å². The first-order valence-corrected chi connectivity index (χ1v) is 14.8. The normalized spacial score (nSPS) is 17.8. The minimum atomic E-state index is -1.09. The van der Waals surface area contributed by atoms with E-state index < -0.39 is 11.9 Å². The van der Waals surface area contributed by atoms with E-state index >= 15 is 0 Å². The van der Waals surface area contributed by atoms with E-state index in [-0.39, 0.29) is 49.5 Å². The van der Waals surface area contributed by atoms with Gasteiger partial charge in [-0.3, -0.25) is 19.3 Å². The van der Waals surface area contributed by atoms with Crippen molar-refractivity contribution >= 4 is 34.5 Å². The van der Waals surface area contributed by atoms with Crippen molar-refractivity contribution in [2.45, 2.75) is 64.0 Å². The standard InChI is InChI=1S/C32H42N4O5/c1-23(27-14-7-12-24-9-5-6-13-28(24)27)35-19-16-26(17-20-35)36(32(41)25-10-3-2-4-11-25)22-30(38)34-21-29(37)33-18-8-15-31(39)40/h5-9,12-15,23,25-26H,2-4,10-11,16-22H2,1H3,(H,33,37)(H,34,38)(H,39,40)/b15-8+/t23-/m1/s1. The van der Waals surface area contributed by atoms with Crippen LogP contribution >= 0.6 is 0 Å². The fourth-order valence-corrected chi connectivity index (χ4v) is 6.15. The molecule has 220 valence electrons. The Bertz CT molecular complexity index is 1240. The molecule has 1 saturated heterocycles. The molecular formula is C32H42N4O5. The smallest absolute Gasteiger partial charge is 0.328 e. The average molecular weight is 563 g/mol. The number of hydrogen-bond donors (Lipinski definition) is 3. The predicted molar refractivity (Wildman–Crippen MR) is 158 cm³/mol. The molecule has 2 fully saturated rings. The molecule has 0 radical (unpaired) electrons.